The molecule has 0 aliphatic heterocycles. The van der Waals surface area contributed by atoms with Crippen molar-refractivity contribution in [3.05, 3.63) is 17.5 Å². The summed E-state index contributed by atoms with van der Waals surface area (Å²) in [6, 6.07) is 0. The second-order valence-corrected chi connectivity index (χ2v) is 5.43. The van der Waals surface area contributed by atoms with Gasteiger partial charge < -0.3 is 0 Å². The molecule has 2 rings (SSSR count). The van der Waals surface area contributed by atoms with Crippen LogP contribution >= 0.6 is 11.6 Å². The van der Waals surface area contributed by atoms with E-state index in [4.69, 9.17) is 11.6 Å². The molecule has 0 N–H and O–H groups in total. The second-order valence-electron chi connectivity index (χ2n) is 5.12. The topological polar surface area (TPSA) is 17.8 Å². The van der Waals surface area contributed by atoms with E-state index in [0.717, 1.165) is 12.3 Å². The highest BCUT2D eigenvalue weighted by molar-refractivity contribution is 6.18. The quantitative estimate of drug-likeness (QED) is 0.725. The third-order valence-electron chi connectivity index (χ3n) is 3.82. The molecular formula is C12H19ClN2. The molecule has 1 aromatic rings. The normalized spacial score (nSPS) is 28.1. The molecule has 1 aliphatic carbocycles. The van der Waals surface area contributed by atoms with Gasteiger partial charge in [0.1, 0.15) is 0 Å². The van der Waals surface area contributed by atoms with Crippen molar-refractivity contribution >= 4 is 11.6 Å². The van der Waals surface area contributed by atoms with Gasteiger partial charge >= 0.3 is 0 Å². The molecule has 0 bridgehead atoms. The Morgan fingerprint density at radius 1 is 1.53 bits per heavy atom. The van der Waals surface area contributed by atoms with Crippen LogP contribution in [-0.4, -0.2) is 15.7 Å². The van der Waals surface area contributed by atoms with E-state index >= 15 is 0 Å². The van der Waals surface area contributed by atoms with Gasteiger partial charge in [0, 0.05) is 19.1 Å². The van der Waals surface area contributed by atoms with Gasteiger partial charge in [-0.3, -0.25) is 4.68 Å². The molecule has 84 valence electrons. The van der Waals surface area contributed by atoms with Crippen molar-refractivity contribution in [1.29, 1.82) is 0 Å². The van der Waals surface area contributed by atoms with E-state index < -0.39 is 0 Å². The molecule has 0 spiro atoms. The van der Waals surface area contributed by atoms with Crippen LogP contribution in [0.3, 0.4) is 0 Å². The lowest BCUT2D eigenvalue weighted by Gasteiger charge is -2.01. The second kappa shape index (κ2) is 3.51. The van der Waals surface area contributed by atoms with E-state index in [0.29, 0.717) is 17.3 Å². The molecule has 2 atom stereocenters. The molecular weight excluding hydrogens is 208 g/mol. The van der Waals surface area contributed by atoms with Gasteiger partial charge in [0.05, 0.1) is 5.69 Å². The maximum Gasteiger partial charge on any atom is 0.0656 e. The van der Waals surface area contributed by atoms with Crippen LogP contribution in [0.4, 0.5) is 0 Å². The van der Waals surface area contributed by atoms with Crippen LogP contribution in [-0.2, 0) is 13.5 Å². The summed E-state index contributed by atoms with van der Waals surface area (Å²) < 4.78 is 1.92. The van der Waals surface area contributed by atoms with Gasteiger partial charge in [0.15, 0.2) is 0 Å². The van der Waals surface area contributed by atoms with Gasteiger partial charge in [-0.2, -0.15) is 5.10 Å². The molecule has 1 saturated carbocycles. The van der Waals surface area contributed by atoms with Crippen molar-refractivity contribution < 1.29 is 0 Å². The summed E-state index contributed by atoms with van der Waals surface area (Å²) in [7, 11) is 1.99. The summed E-state index contributed by atoms with van der Waals surface area (Å²) >= 11 is 6.00. The van der Waals surface area contributed by atoms with Crippen LogP contribution in [0.15, 0.2) is 6.20 Å². The summed E-state index contributed by atoms with van der Waals surface area (Å²) in [5.41, 5.74) is 3.01. The molecule has 0 radical (unpaired) electrons. The zero-order valence-electron chi connectivity index (χ0n) is 9.92. The molecule has 0 saturated heterocycles. The van der Waals surface area contributed by atoms with Crippen molar-refractivity contribution in [2.24, 2.45) is 18.4 Å². The Labute approximate surface area is 96.6 Å². The largest absolute Gasteiger partial charge is 0.275 e. The molecule has 0 amide bonds. The lowest BCUT2D eigenvalue weighted by molar-refractivity contribution is 0.576. The molecule has 0 aromatic carbocycles. The number of aromatic nitrogens is 2. The van der Waals surface area contributed by atoms with Crippen molar-refractivity contribution in [1.82, 2.24) is 9.78 Å². The first-order chi connectivity index (χ1) is 7.02. The highest BCUT2D eigenvalue weighted by atomic mass is 35.5. The molecule has 1 aromatic heterocycles. The minimum atomic E-state index is 0.356. The summed E-state index contributed by atoms with van der Waals surface area (Å²) in [6.45, 7) is 6.77. The summed E-state index contributed by atoms with van der Waals surface area (Å²) in [6.07, 6.45) is 3.18. The highest BCUT2D eigenvalue weighted by Gasteiger charge is 2.58. The zero-order valence-corrected chi connectivity index (χ0v) is 10.7. The Hall–Kier alpha value is -0.500. The average molecular weight is 227 g/mol. The van der Waals surface area contributed by atoms with Crippen LogP contribution < -0.4 is 0 Å². The fourth-order valence-electron chi connectivity index (χ4n) is 2.74. The minimum Gasteiger partial charge on any atom is -0.275 e. The number of hydrogen-bond acceptors (Lipinski definition) is 1. The van der Waals surface area contributed by atoms with Crippen LogP contribution in [0.5, 0.6) is 0 Å². The molecule has 3 heteroatoms. The molecule has 2 unspecified atom stereocenters. The number of aryl methyl sites for hydroxylation is 2. The number of rotatable bonds is 3. The van der Waals surface area contributed by atoms with Gasteiger partial charge in [-0.25, -0.2) is 0 Å². The van der Waals surface area contributed by atoms with Gasteiger partial charge in [-0.05, 0) is 29.2 Å². The molecule has 2 nitrogen and oxygen atoms in total. The smallest absolute Gasteiger partial charge is 0.0656 e. The first-order valence-corrected chi connectivity index (χ1v) is 6.14. The number of alkyl halides is 1. The van der Waals surface area contributed by atoms with Gasteiger partial charge in [-0.15, -0.1) is 11.6 Å². The Bertz CT molecular complexity index is 368. The van der Waals surface area contributed by atoms with Crippen LogP contribution in [0.1, 0.15) is 37.9 Å². The van der Waals surface area contributed by atoms with E-state index in [-0.39, 0.29) is 0 Å². The van der Waals surface area contributed by atoms with Crippen molar-refractivity contribution in [2.75, 3.05) is 5.88 Å². The molecule has 15 heavy (non-hydrogen) atoms. The average Bonchev–Trinajstić information content (AvgIpc) is 2.52. The standard InChI is InChI=1S/C12H19ClN2/c1-5-10-8(7-15(4)14-10)11-9(6-13)12(11,2)3/h7,9,11H,5-6H2,1-4H3. The lowest BCUT2D eigenvalue weighted by atomic mass is 10.0. The predicted octanol–water partition coefficient (Wildman–Crippen LogP) is 2.96. The van der Waals surface area contributed by atoms with E-state index in [1.54, 1.807) is 0 Å². The molecule has 1 fully saturated rings. The zero-order chi connectivity index (χ0) is 11.2. The first kappa shape index (κ1) is 11.0. The first-order valence-electron chi connectivity index (χ1n) is 5.60. The van der Waals surface area contributed by atoms with E-state index in [1.165, 1.54) is 11.3 Å². The summed E-state index contributed by atoms with van der Waals surface area (Å²) in [5.74, 6) is 1.99. The fraction of sp³-hybridized carbons (Fsp3) is 0.750. The third kappa shape index (κ3) is 1.59. The maximum atomic E-state index is 6.00. The molecule has 1 heterocycles. The highest BCUT2D eigenvalue weighted by Crippen LogP contribution is 2.65. The van der Waals surface area contributed by atoms with Crippen molar-refractivity contribution in [2.45, 2.75) is 33.1 Å². The predicted molar refractivity (Wildman–Crippen MR) is 63.3 cm³/mol. The van der Waals surface area contributed by atoms with E-state index in [9.17, 15) is 0 Å². The Morgan fingerprint density at radius 3 is 2.67 bits per heavy atom. The van der Waals surface area contributed by atoms with Crippen LogP contribution in [0, 0.1) is 11.3 Å². The number of nitrogens with zero attached hydrogens (tertiary/aromatic N) is 2. The van der Waals surface area contributed by atoms with E-state index in [2.05, 4.69) is 32.1 Å². The Morgan fingerprint density at radius 2 is 2.20 bits per heavy atom. The SMILES string of the molecule is CCc1nn(C)cc1C1C(CCl)C1(C)C. The number of halogens is 1. The maximum absolute atomic E-state index is 6.00. The van der Waals surface area contributed by atoms with Crippen molar-refractivity contribution in [3.63, 3.8) is 0 Å². The Kier molecular flexibility index (Phi) is 2.58. The van der Waals surface area contributed by atoms with Crippen LogP contribution in [0.25, 0.3) is 0 Å². The van der Waals surface area contributed by atoms with Crippen molar-refractivity contribution in [3.8, 4) is 0 Å². The van der Waals surface area contributed by atoms with Gasteiger partial charge in [-0.1, -0.05) is 20.8 Å². The lowest BCUT2D eigenvalue weighted by Crippen LogP contribution is -1.93. The summed E-state index contributed by atoms with van der Waals surface area (Å²) in [5, 5.41) is 4.50. The number of hydrogen-bond donors (Lipinski definition) is 0. The van der Waals surface area contributed by atoms with E-state index in [1.807, 2.05) is 11.7 Å². The van der Waals surface area contributed by atoms with Gasteiger partial charge in [0.2, 0.25) is 0 Å². The third-order valence-corrected chi connectivity index (χ3v) is 4.16. The minimum absolute atomic E-state index is 0.356. The molecule has 1 aliphatic rings. The van der Waals surface area contributed by atoms with Crippen LogP contribution in [0.2, 0.25) is 0 Å². The Balaban J connectivity index is 2.31. The fourth-order valence-corrected chi connectivity index (χ4v) is 3.31. The summed E-state index contributed by atoms with van der Waals surface area (Å²) in [4.78, 5) is 0. The monoisotopic (exact) mass is 226 g/mol. The van der Waals surface area contributed by atoms with Gasteiger partial charge in [0.25, 0.3) is 0 Å².